The van der Waals surface area contributed by atoms with Gasteiger partial charge in [-0.25, -0.2) is 8.42 Å². The summed E-state index contributed by atoms with van der Waals surface area (Å²) in [6.07, 6.45) is 0. The van der Waals surface area contributed by atoms with Crippen LogP contribution >= 0.6 is 0 Å². The van der Waals surface area contributed by atoms with Crippen LogP contribution in [-0.2, 0) is 14.8 Å². The first kappa shape index (κ1) is 14.7. The van der Waals surface area contributed by atoms with E-state index in [1.54, 1.807) is 12.1 Å². The molecule has 1 aliphatic heterocycles. The lowest BCUT2D eigenvalue weighted by molar-refractivity contribution is 0.0730. The molecule has 1 aromatic rings. The van der Waals surface area contributed by atoms with Gasteiger partial charge in [0.05, 0.1) is 26.2 Å². The Labute approximate surface area is 116 Å². The molecule has 0 saturated carbocycles. The third kappa shape index (κ3) is 3.25. The molecule has 4 nitrogen and oxygen atoms in total. The summed E-state index contributed by atoms with van der Waals surface area (Å²) in [5.74, 6) is 0. The standard InChI is InChI=1S/C13H21NO3SSi/c1-19(2,3)13-6-4-12(5-7-13)18(15,16)14-8-10-17-11-9-14/h4-7H,8-11H2,1-3H3. The molecule has 1 fully saturated rings. The predicted molar refractivity (Wildman–Crippen MR) is 79.0 cm³/mol. The minimum atomic E-state index is -3.36. The van der Waals surface area contributed by atoms with Crippen LogP contribution in [0, 0.1) is 0 Å². The Kier molecular flexibility index (Phi) is 4.15. The summed E-state index contributed by atoms with van der Waals surface area (Å²) in [6.45, 7) is 8.59. The van der Waals surface area contributed by atoms with Crippen LogP contribution in [0.5, 0.6) is 0 Å². The van der Waals surface area contributed by atoms with Gasteiger partial charge in [0.1, 0.15) is 0 Å². The van der Waals surface area contributed by atoms with Crippen molar-refractivity contribution in [1.29, 1.82) is 0 Å². The van der Waals surface area contributed by atoms with Gasteiger partial charge in [0.2, 0.25) is 10.0 Å². The maximum Gasteiger partial charge on any atom is 0.243 e. The SMILES string of the molecule is C[Si](C)(C)c1ccc(S(=O)(=O)N2CCOCC2)cc1. The van der Waals surface area contributed by atoms with Crippen molar-refractivity contribution in [3.05, 3.63) is 24.3 Å². The average molecular weight is 299 g/mol. The highest BCUT2D eigenvalue weighted by molar-refractivity contribution is 7.89. The van der Waals surface area contributed by atoms with Crippen LogP contribution in [0.3, 0.4) is 0 Å². The lowest BCUT2D eigenvalue weighted by atomic mass is 10.4. The van der Waals surface area contributed by atoms with E-state index in [-0.39, 0.29) is 0 Å². The Hall–Kier alpha value is -0.693. The molecule has 1 aliphatic rings. The van der Waals surface area contributed by atoms with Crippen LogP contribution in [0.1, 0.15) is 0 Å². The summed E-state index contributed by atoms with van der Waals surface area (Å²) >= 11 is 0. The lowest BCUT2D eigenvalue weighted by Crippen LogP contribution is -2.41. The molecule has 0 spiro atoms. The first-order chi connectivity index (χ1) is 8.82. The summed E-state index contributed by atoms with van der Waals surface area (Å²) in [7, 11) is -4.74. The van der Waals surface area contributed by atoms with E-state index in [9.17, 15) is 8.42 Å². The molecule has 0 unspecified atom stereocenters. The zero-order valence-corrected chi connectivity index (χ0v) is 13.5. The molecule has 0 bridgehead atoms. The molecule has 0 aliphatic carbocycles. The van der Waals surface area contributed by atoms with Crippen LogP contribution in [0.15, 0.2) is 29.2 Å². The highest BCUT2D eigenvalue weighted by Crippen LogP contribution is 2.16. The largest absolute Gasteiger partial charge is 0.379 e. The monoisotopic (exact) mass is 299 g/mol. The zero-order valence-electron chi connectivity index (χ0n) is 11.7. The van der Waals surface area contributed by atoms with Gasteiger partial charge in [-0.2, -0.15) is 4.31 Å². The van der Waals surface area contributed by atoms with E-state index in [2.05, 4.69) is 19.6 Å². The maximum absolute atomic E-state index is 12.4. The molecule has 1 aromatic carbocycles. The van der Waals surface area contributed by atoms with Gasteiger partial charge in [0.15, 0.2) is 0 Å². The Morgan fingerprint density at radius 2 is 1.58 bits per heavy atom. The number of benzene rings is 1. The number of hydrogen-bond acceptors (Lipinski definition) is 3. The Bertz CT molecular complexity index is 528. The van der Waals surface area contributed by atoms with Crippen molar-refractivity contribution < 1.29 is 13.2 Å². The molecular weight excluding hydrogens is 278 g/mol. The molecule has 6 heteroatoms. The highest BCUT2D eigenvalue weighted by atomic mass is 32.2. The third-order valence-electron chi connectivity index (χ3n) is 3.33. The topological polar surface area (TPSA) is 46.6 Å². The average Bonchev–Trinajstić information content (AvgIpc) is 2.39. The zero-order chi connectivity index (χ0) is 14.1. The highest BCUT2D eigenvalue weighted by Gasteiger charge is 2.26. The molecule has 19 heavy (non-hydrogen) atoms. The smallest absolute Gasteiger partial charge is 0.243 e. The van der Waals surface area contributed by atoms with Gasteiger partial charge in [-0.3, -0.25) is 0 Å². The van der Waals surface area contributed by atoms with Gasteiger partial charge in [0.25, 0.3) is 0 Å². The summed E-state index contributed by atoms with van der Waals surface area (Å²) in [4.78, 5) is 0.386. The number of morpholine rings is 1. The van der Waals surface area contributed by atoms with Crippen LogP contribution in [0.4, 0.5) is 0 Å². The van der Waals surface area contributed by atoms with E-state index < -0.39 is 18.1 Å². The summed E-state index contributed by atoms with van der Waals surface area (Å²) in [5.41, 5.74) is 0. The summed E-state index contributed by atoms with van der Waals surface area (Å²) in [5, 5.41) is 1.27. The predicted octanol–water partition coefficient (Wildman–Crippen LogP) is 1.25. The minimum Gasteiger partial charge on any atom is -0.379 e. The number of ether oxygens (including phenoxy) is 1. The Balaban J connectivity index is 2.26. The third-order valence-corrected chi connectivity index (χ3v) is 7.31. The van der Waals surface area contributed by atoms with Crippen molar-refractivity contribution in [3.8, 4) is 0 Å². The van der Waals surface area contributed by atoms with Crippen molar-refractivity contribution in [2.75, 3.05) is 26.3 Å². The number of hydrogen-bond donors (Lipinski definition) is 0. The van der Waals surface area contributed by atoms with Crippen molar-refractivity contribution in [2.24, 2.45) is 0 Å². The molecule has 0 atom stereocenters. The minimum absolute atomic E-state index is 0.386. The van der Waals surface area contributed by atoms with Crippen molar-refractivity contribution in [3.63, 3.8) is 0 Å². The van der Waals surface area contributed by atoms with E-state index >= 15 is 0 Å². The summed E-state index contributed by atoms with van der Waals surface area (Å²) in [6, 6.07) is 7.38. The number of nitrogens with zero attached hydrogens (tertiary/aromatic N) is 1. The molecule has 0 amide bonds. The van der Waals surface area contributed by atoms with Gasteiger partial charge in [-0.05, 0) is 12.1 Å². The molecule has 1 heterocycles. The molecule has 0 N–H and O–H groups in total. The van der Waals surface area contributed by atoms with Gasteiger partial charge in [-0.15, -0.1) is 0 Å². The fourth-order valence-electron chi connectivity index (χ4n) is 2.06. The van der Waals surface area contributed by atoms with Crippen molar-refractivity contribution in [2.45, 2.75) is 24.5 Å². The second kappa shape index (κ2) is 5.36. The van der Waals surface area contributed by atoms with E-state index in [0.29, 0.717) is 31.2 Å². The van der Waals surface area contributed by atoms with Gasteiger partial charge in [-0.1, -0.05) is 37.0 Å². The molecular formula is C13H21NO3SSi. The van der Waals surface area contributed by atoms with E-state index in [4.69, 9.17) is 4.74 Å². The van der Waals surface area contributed by atoms with Crippen LogP contribution in [0.25, 0.3) is 0 Å². The fraction of sp³-hybridized carbons (Fsp3) is 0.538. The van der Waals surface area contributed by atoms with Crippen molar-refractivity contribution >= 4 is 23.3 Å². The van der Waals surface area contributed by atoms with E-state index in [1.165, 1.54) is 9.49 Å². The fourth-order valence-corrected chi connectivity index (χ4v) is 4.64. The molecule has 0 aromatic heterocycles. The second-order valence-electron chi connectivity index (χ2n) is 5.79. The Morgan fingerprint density at radius 3 is 2.05 bits per heavy atom. The summed E-state index contributed by atoms with van der Waals surface area (Å²) < 4.78 is 31.6. The van der Waals surface area contributed by atoms with Gasteiger partial charge >= 0.3 is 0 Å². The number of sulfonamides is 1. The normalized spacial score (nSPS) is 18.5. The lowest BCUT2D eigenvalue weighted by Gasteiger charge is -2.26. The molecule has 106 valence electrons. The van der Waals surface area contributed by atoms with Crippen LogP contribution < -0.4 is 5.19 Å². The first-order valence-corrected chi connectivity index (χ1v) is 11.4. The molecule has 1 saturated heterocycles. The maximum atomic E-state index is 12.4. The second-order valence-corrected chi connectivity index (χ2v) is 12.8. The van der Waals surface area contributed by atoms with Gasteiger partial charge in [0, 0.05) is 13.1 Å². The quantitative estimate of drug-likeness (QED) is 0.789. The van der Waals surface area contributed by atoms with Crippen LogP contribution in [0.2, 0.25) is 19.6 Å². The molecule has 2 rings (SSSR count). The van der Waals surface area contributed by atoms with Crippen LogP contribution in [-0.4, -0.2) is 47.1 Å². The van der Waals surface area contributed by atoms with E-state index in [0.717, 1.165) is 0 Å². The first-order valence-electron chi connectivity index (χ1n) is 6.50. The van der Waals surface area contributed by atoms with E-state index in [1.807, 2.05) is 12.1 Å². The number of rotatable bonds is 3. The Morgan fingerprint density at radius 1 is 1.05 bits per heavy atom. The van der Waals surface area contributed by atoms with Gasteiger partial charge < -0.3 is 4.74 Å². The molecule has 0 radical (unpaired) electrons. The van der Waals surface area contributed by atoms with Crippen molar-refractivity contribution in [1.82, 2.24) is 4.31 Å².